The van der Waals surface area contributed by atoms with Crippen LogP contribution in [0.5, 0.6) is 0 Å². The maximum Gasteiger partial charge on any atom is 0.325 e. The van der Waals surface area contributed by atoms with E-state index < -0.39 is 11.5 Å². The molecule has 0 saturated carbocycles. The van der Waals surface area contributed by atoms with Crippen molar-refractivity contribution < 1.29 is 9.90 Å². The van der Waals surface area contributed by atoms with Crippen LogP contribution in [-0.4, -0.2) is 32.2 Å². The first-order valence-electron chi connectivity index (χ1n) is 7.39. The summed E-state index contributed by atoms with van der Waals surface area (Å²) in [5, 5.41) is 12.8. The molecule has 5 nitrogen and oxygen atoms in total. The summed E-state index contributed by atoms with van der Waals surface area (Å²) in [7, 11) is 0. The van der Waals surface area contributed by atoms with Crippen molar-refractivity contribution in [3.05, 3.63) is 17.2 Å². The molecule has 1 unspecified atom stereocenters. The Hall–Kier alpha value is -1.36. The number of aliphatic carboxylic acids is 1. The van der Waals surface area contributed by atoms with E-state index in [1.54, 1.807) is 6.92 Å². The number of hydrogen-bond donors (Lipinski definition) is 2. The highest BCUT2D eigenvalue weighted by Gasteiger charge is 2.35. The lowest BCUT2D eigenvalue weighted by molar-refractivity contribution is -0.145. The Morgan fingerprint density at radius 1 is 1.45 bits per heavy atom. The molecule has 2 rings (SSSR count). The summed E-state index contributed by atoms with van der Waals surface area (Å²) in [5.41, 5.74) is 1.42. The van der Waals surface area contributed by atoms with Crippen molar-refractivity contribution in [3.63, 3.8) is 0 Å². The zero-order valence-corrected chi connectivity index (χ0v) is 12.9. The van der Waals surface area contributed by atoms with Gasteiger partial charge >= 0.3 is 5.97 Å². The molecule has 1 aliphatic carbocycles. The van der Waals surface area contributed by atoms with Gasteiger partial charge in [0, 0.05) is 11.7 Å². The number of carbonyl (C=O) groups is 1. The van der Waals surface area contributed by atoms with Crippen LogP contribution < -0.4 is 5.32 Å². The van der Waals surface area contributed by atoms with Gasteiger partial charge in [-0.05, 0) is 53.4 Å². The predicted molar refractivity (Wildman–Crippen MR) is 77.9 cm³/mol. The summed E-state index contributed by atoms with van der Waals surface area (Å²) in [5.74, 6) is 0.110. The Bertz CT molecular complexity index is 507. The third-order valence-corrected chi connectivity index (χ3v) is 3.98. The van der Waals surface area contributed by atoms with E-state index in [0.29, 0.717) is 6.54 Å². The fourth-order valence-electron chi connectivity index (χ4n) is 3.07. The van der Waals surface area contributed by atoms with Gasteiger partial charge < -0.3 is 9.67 Å². The number of rotatable bonds is 5. The second-order valence-electron chi connectivity index (χ2n) is 6.28. The molecule has 1 heterocycles. The number of hydrogen-bond acceptors (Lipinski definition) is 3. The predicted octanol–water partition coefficient (Wildman–Crippen LogP) is 1.91. The van der Waals surface area contributed by atoms with Crippen LogP contribution in [0.15, 0.2) is 0 Å². The molecule has 0 saturated heterocycles. The molecule has 0 aromatic carbocycles. The molecule has 1 aromatic heterocycles. The molecule has 0 spiro atoms. The topological polar surface area (TPSA) is 67.2 Å². The van der Waals surface area contributed by atoms with Crippen LogP contribution in [0.1, 0.15) is 50.8 Å². The minimum absolute atomic E-state index is 0.121. The third-order valence-electron chi connectivity index (χ3n) is 3.98. The van der Waals surface area contributed by atoms with Crippen LogP contribution >= 0.6 is 0 Å². The summed E-state index contributed by atoms with van der Waals surface area (Å²) in [4.78, 5) is 16.3. The van der Waals surface area contributed by atoms with E-state index in [0.717, 1.165) is 24.4 Å². The zero-order valence-electron chi connectivity index (χ0n) is 12.9. The van der Waals surface area contributed by atoms with Crippen LogP contribution in [0.3, 0.4) is 0 Å². The summed E-state index contributed by atoms with van der Waals surface area (Å²) >= 11 is 0. The summed E-state index contributed by atoms with van der Waals surface area (Å²) in [6.07, 6.45) is 4.38. The van der Waals surface area contributed by atoms with E-state index >= 15 is 0 Å². The number of aryl methyl sites for hydroxylation is 2. The van der Waals surface area contributed by atoms with Crippen LogP contribution in [0.2, 0.25) is 0 Å². The van der Waals surface area contributed by atoms with E-state index in [1.807, 2.05) is 20.8 Å². The van der Waals surface area contributed by atoms with E-state index in [2.05, 4.69) is 14.9 Å². The SMILES string of the molecule is Cc1nc2c(n1CC(C)(NC(C)C)C(=O)O)CCCC2. The lowest BCUT2D eigenvalue weighted by Gasteiger charge is -2.30. The van der Waals surface area contributed by atoms with Gasteiger partial charge in [-0.3, -0.25) is 10.1 Å². The van der Waals surface area contributed by atoms with E-state index in [4.69, 9.17) is 0 Å². The Kier molecular flexibility index (Phi) is 4.18. The van der Waals surface area contributed by atoms with Crippen LogP contribution in [0.4, 0.5) is 0 Å². The van der Waals surface area contributed by atoms with Gasteiger partial charge in [-0.25, -0.2) is 4.98 Å². The van der Waals surface area contributed by atoms with Gasteiger partial charge in [0.1, 0.15) is 11.4 Å². The normalized spacial score (nSPS) is 17.9. The maximum atomic E-state index is 11.7. The van der Waals surface area contributed by atoms with Crippen LogP contribution in [0, 0.1) is 6.92 Å². The molecule has 1 atom stereocenters. The number of imidazole rings is 1. The summed E-state index contributed by atoms with van der Waals surface area (Å²) < 4.78 is 2.10. The molecule has 0 fully saturated rings. The lowest BCUT2D eigenvalue weighted by atomic mass is 9.98. The largest absolute Gasteiger partial charge is 0.480 e. The minimum atomic E-state index is -0.967. The molecule has 0 radical (unpaired) electrons. The maximum absolute atomic E-state index is 11.7. The highest BCUT2D eigenvalue weighted by Crippen LogP contribution is 2.24. The molecule has 2 N–H and O–H groups in total. The number of nitrogens with zero attached hydrogens (tertiary/aromatic N) is 2. The van der Waals surface area contributed by atoms with Crippen molar-refractivity contribution in [1.29, 1.82) is 0 Å². The zero-order chi connectivity index (χ0) is 14.9. The number of aromatic nitrogens is 2. The molecular formula is C15H25N3O2. The monoisotopic (exact) mass is 279 g/mol. The first-order chi connectivity index (χ1) is 9.33. The van der Waals surface area contributed by atoms with Crippen LogP contribution in [-0.2, 0) is 24.2 Å². The number of carboxylic acid groups (broad SMARTS) is 1. The van der Waals surface area contributed by atoms with Gasteiger partial charge in [0.05, 0.1) is 12.2 Å². The van der Waals surface area contributed by atoms with Crippen LogP contribution in [0.25, 0.3) is 0 Å². The summed E-state index contributed by atoms with van der Waals surface area (Å²) in [6, 6.07) is 0.121. The van der Waals surface area contributed by atoms with Crippen molar-refractivity contribution in [2.75, 3.05) is 0 Å². The first-order valence-corrected chi connectivity index (χ1v) is 7.39. The summed E-state index contributed by atoms with van der Waals surface area (Å²) in [6.45, 7) is 8.09. The van der Waals surface area contributed by atoms with Gasteiger partial charge in [0.2, 0.25) is 0 Å². The Morgan fingerprint density at radius 2 is 2.10 bits per heavy atom. The second-order valence-corrected chi connectivity index (χ2v) is 6.28. The van der Waals surface area contributed by atoms with Gasteiger partial charge in [0.15, 0.2) is 0 Å². The molecule has 0 bridgehead atoms. The molecule has 112 valence electrons. The minimum Gasteiger partial charge on any atom is -0.480 e. The number of carboxylic acids is 1. The van der Waals surface area contributed by atoms with Crippen molar-refractivity contribution in [1.82, 2.24) is 14.9 Å². The number of fused-ring (bicyclic) bond motifs is 1. The van der Waals surface area contributed by atoms with E-state index in [9.17, 15) is 9.90 Å². The van der Waals surface area contributed by atoms with Crippen molar-refractivity contribution in [3.8, 4) is 0 Å². The average Bonchev–Trinajstić information content (AvgIpc) is 2.65. The van der Waals surface area contributed by atoms with Crippen molar-refractivity contribution in [2.24, 2.45) is 0 Å². The fraction of sp³-hybridized carbons (Fsp3) is 0.733. The highest BCUT2D eigenvalue weighted by atomic mass is 16.4. The van der Waals surface area contributed by atoms with Crippen molar-refractivity contribution >= 4 is 5.97 Å². The lowest BCUT2D eigenvalue weighted by Crippen LogP contribution is -2.55. The average molecular weight is 279 g/mol. The molecule has 1 aliphatic rings. The smallest absolute Gasteiger partial charge is 0.325 e. The van der Waals surface area contributed by atoms with E-state index in [1.165, 1.54) is 18.5 Å². The Balaban J connectivity index is 2.31. The molecule has 0 aliphatic heterocycles. The van der Waals surface area contributed by atoms with Gasteiger partial charge in [0.25, 0.3) is 0 Å². The third kappa shape index (κ3) is 2.87. The van der Waals surface area contributed by atoms with Gasteiger partial charge in [-0.1, -0.05) is 0 Å². The van der Waals surface area contributed by atoms with Gasteiger partial charge in [-0.2, -0.15) is 0 Å². The standard InChI is InChI=1S/C15H25N3O2/c1-10(2)17-15(4,14(19)20)9-18-11(3)16-12-7-5-6-8-13(12)18/h10,17H,5-9H2,1-4H3,(H,19,20). The van der Waals surface area contributed by atoms with Gasteiger partial charge in [-0.15, -0.1) is 0 Å². The highest BCUT2D eigenvalue weighted by molar-refractivity contribution is 5.78. The molecule has 0 amide bonds. The molecule has 20 heavy (non-hydrogen) atoms. The Morgan fingerprint density at radius 3 is 2.70 bits per heavy atom. The fourth-order valence-corrected chi connectivity index (χ4v) is 3.07. The Labute approximate surface area is 120 Å². The van der Waals surface area contributed by atoms with Crippen molar-refractivity contribution in [2.45, 2.75) is 71.5 Å². The number of nitrogens with one attached hydrogen (secondary N) is 1. The molecular weight excluding hydrogens is 254 g/mol. The first kappa shape index (κ1) is 15.0. The molecule has 1 aromatic rings. The quantitative estimate of drug-likeness (QED) is 0.864. The second kappa shape index (κ2) is 5.56. The van der Waals surface area contributed by atoms with E-state index in [-0.39, 0.29) is 6.04 Å². The molecule has 5 heteroatoms.